The lowest BCUT2D eigenvalue weighted by Gasteiger charge is -2.07. The molecular formula is C20H18FNO4S2. The summed E-state index contributed by atoms with van der Waals surface area (Å²) < 4.78 is 41.5. The summed E-state index contributed by atoms with van der Waals surface area (Å²) in [6, 6.07) is 12.0. The fourth-order valence-electron chi connectivity index (χ4n) is 2.89. The van der Waals surface area contributed by atoms with Gasteiger partial charge in [-0.1, -0.05) is 24.3 Å². The van der Waals surface area contributed by atoms with Gasteiger partial charge in [0.25, 0.3) is 0 Å². The molecule has 5 nitrogen and oxygen atoms in total. The van der Waals surface area contributed by atoms with Gasteiger partial charge in [0.1, 0.15) is 10.7 Å². The van der Waals surface area contributed by atoms with E-state index in [-0.39, 0.29) is 17.3 Å². The van der Waals surface area contributed by atoms with Crippen molar-refractivity contribution in [2.75, 3.05) is 6.61 Å². The third kappa shape index (κ3) is 3.99. The molecule has 0 saturated heterocycles. The molecule has 0 fully saturated rings. The first-order valence-corrected chi connectivity index (χ1v) is 10.8. The van der Waals surface area contributed by atoms with Gasteiger partial charge in [-0.3, -0.25) is 0 Å². The minimum absolute atomic E-state index is 0.0134. The summed E-state index contributed by atoms with van der Waals surface area (Å²) in [6.07, 6.45) is 0. The number of nitrogens with two attached hydrogens (primary N) is 1. The van der Waals surface area contributed by atoms with Crippen LogP contribution in [0.1, 0.15) is 22.2 Å². The van der Waals surface area contributed by atoms with E-state index >= 15 is 0 Å². The smallest absolute Gasteiger partial charge is 0.348 e. The van der Waals surface area contributed by atoms with Gasteiger partial charge in [0.15, 0.2) is 0 Å². The number of rotatable bonds is 5. The number of halogens is 1. The Balaban J connectivity index is 2.18. The van der Waals surface area contributed by atoms with Crippen LogP contribution < -0.4 is 5.14 Å². The Labute approximate surface area is 166 Å². The third-order valence-corrected chi connectivity index (χ3v) is 6.44. The largest absolute Gasteiger partial charge is 0.462 e. The summed E-state index contributed by atoms with van der Waals surface area (Å²) in [6.45, 7) is 3.81. The van der Waals surface area contributed by atoms with Crippen LogP contribution in [0.2, 0.25) is 0 Å². The number of carbonyl (C=O) groups excluding carboxylic acids is 1. The molecule has 0 aliphatic heterocycles. The van der Waals surface area contributed by atoms with Crippen molar-refractivity contribution in [1.82, 2.24) is 0 Å². The topological polar surface area (TPSA) is 86.5 Å². The molecule has 8 heteroatoms. The van der Waals surface area contributed by atoms with E-state index in [0.29, 0.717) is 16.0 Å². The SMILES string of the molecule is CCOC(=O)c1sc(-c2ccc(F)cc2)c(C)c1-c1ccc(S(N)(=O)=O)cc1. The third-order valence-electron chi connectivity index (χ3n) is 4.19. The molecule has 1 aromatic heterocycles. The highest BCUT2D eigenvalue weighted by atomic mass is 32.2. The molecule has 0 unspecified atom stereocenters. The minimum Gasteiger partial charge on any atom is -0.462 e. The monoisotopic (exact) mass is 419 g/mol. The van der Waals surface area contributed by atoms with E-state index in [9.17, 15) is 17.6 Å². The van der Waals surface area contributed by atoms with E-state index in [1.807, 2.05) is 6.92 Å². The quantitative estimate of drug-likeness (QED) is 0.623. The van der Waals surface area contributed by atoms with Gasteiger partial charge in [0, 0.05) is 10.4 Å². The second kappa shape index (κ2) is 7.83. The molecule has 2 N–H and O–H groups in total. The molecule has 0 aliphatic carbocycles. The average Bonchev–Trinajstić information content (AvgIpc) is 2.99. The maximum atomic E-state index is 13.3. The van der Waals surface area contributed by atoms with Crippen molar-refractivity contribution in [1.29, 1.82) is 0 Å². The Bertz CT molecular complexity index is 1120. The lowest BCUT2D eigenvalue weighted by Crippen LogP contribution is -2.11. The van der Waals surface area contributed by atoms with Gasteiger partial charge in [0.2, 0.25) is 10.0 Å². The number of ether oxygens (including phenoxy) is 1. The van der Waals surface area contributed by atoms with Crippen molar-refractivity contribution in [2.45, 2.75) is 18.7 Å². The first-order chi connectivity index (χ1) is 13.2. The van der Waals surface area contributed by atoms with Gasteiger partial charge < -0.3 is 4.74 Å². The number of hydrogen-bond acceptors (Lipinski definition) is 5. The van der Waals surface area contributed by atoms with Gasteiger partial charge in [-0.15, -0.1) is 11.3 Å². The standard InChI is InChI=1S/C20H18FNO4S2/c1-3-26-20(23)19-17(13-6-10-16(11-7-13)28(22,24)25)12(2)18(27-19)14-4-8-15(21)9-5-14/h4-11H,3H2,1-2H3,(H2,22,24,25). The number of hydrogen-bond donors (Lipinski definition) is 1. The number of carbonyl (C=O) groups is 1. The zero-order valence-electron chi connectivity index (χ0n) is 15.2. The van der Waals surface area contributed by atoms with Gasteiger partial charge in [-0.05, 0) is 54.8 Å². The van der Waals surface area contributed by atoms with Crippen LogP contribution in [-0.2, 0) is 14.8 Å². The Morgan fingerprint density at radius 2 is 1.64 bits per heavy atom. The molecule has 2 aromatic carbocycles. The second-order valence-corrected chi connectivity index (χ2v) is 8.64. The lowest BCUT2D eigenvalue weighted by atomic mass is 9.99. The number of sulfonamides is 1. The van der Waals surface area contributed by atoms with Crippen molar-refractivity contribution in [2.24, 2.45) is 5.14 Å². The van der Waals surface area contributed by atoms with E-state index in [4.69, 9.17) is 9.88 Å². The van der Waals surface area contributed by atoms with Gasteiger partial charge in [0.05, 0.1) is 11.5 Å². The molecule has 146 valence electrons. The van der Waals surface area contributed by atoms with Gasteiger partial charge in [-0.2, -0.15) is 0 Å². The summed E-state index contributed by atoms with van der Waals surface area (Å²) in [4.78, 5) is 13.7. The Morgan fingerprint density at radius 3 is 2.18 bits per heavy atom. The number of thiophene rings is 1. The molecule has 0 atom stereocenters. The van der Waals surface area contributed by atoms with E-state index in [2.05, 4.69) is 0 Å². The number of primary sulfonamides is 1. The van der Waals surface area contributed by atoms with Crippen molar-refractivity contribution in [3.63, 3.8) is 0 Å². The maximum absolute atomic E-state index is 13.3. The van der Waals surface area contributed by atoms with Crippen LogP contribution in [0, 0.1) is 12.7 Å². The predicted molar refractivity (Wildman–Crippen MR) is 107 cm³/mol. The molecule has 0 saturated carbocycles. The Hall–Kier alpha value is -2.55. The van der Waals surface area contributed by atoms with Crippen molar-refractivity contribution in [3.8, 4) is 21.6 Å². The maximum Gasteiger partial charge on any atom is 0.348 e. The molecule has 0 bridgehead atoms. The van der Waals surface area contributed by atoms with E-state index < -0.39 is 16.0 Å². The zero-order valence-corrected chi connectivity index (χ0v) is 16.9. The van der Waals surface area contributed by atoms with Crippen molar-refractivity contribution < 1.29 is 22.3 Å². The Morgan fingerprint density at radius 1 is 1.07 bits per heavy atom. The molecular weight excluding hydrogens is 401 g/mol. The summed E-state index contributed by atoms with van der Waals surface area (Å²) in [5.74, 6) is -0.808. The zero-order chi connectivity index (χ0) is 20.5. The first-order valence-electron chi connectivity index (χ1n) is 8.42. The summed E-state index contributed by atoms with van der Waals surface area (Å²) in [5.41, 5.74) is 2.92. The van der Waals surface area contributed by atoms with Crippen LogP contribution in [0.5, 0.6) is 0 Å². The molecule has 0 amide bonds. The van der Waals surface area contributed by atoms with Crippen molar-refractivity contribution in [3.05, 3.63) is 64.8 Å². The average molecular weight is 419 g/mol. The molecule has 0 aliphatic rings. The van der Waals surface area contributed by atoms with E-state index in [1.165, 1.54) is 35.6 Å². The highest BCUT2D eigenvalue weighted by Gasteiger charge is 2.24. The molecule has 3 aromatic rings. The fraction of sp³-hybridized carbons (Fsp3) is 0.150. The fourth-order valence-corrected chi connectivity index (χ4v) is 4.63. The van der Waals surface area contributed by atoms with Crippen LogP contribution in [0.15, 0.2) is 53.4 Å². The summed E-state index contributed by atoms with van der Waals surface area (Å²) in [7, 11) is -3.81. The van der Waals surface area contributed by atoms with Gasteiger partial charge in [-0.25, -0.2) is 22.7 Å². The van der Waals surface area contributed by atoms with Crippen LogP contribution in [-0.4, -0.2) is 21.0 Å². The minimum atomic E-state index is -3.81. The first kappa shape index (κ1) is 20.2. The lowest BCUT2D eigenvalue weighted by molar-refractivity contribution is 0.0533. The predicted octanol–water partition coefficient (Wildman–Crippen LogP) is 4.35. The van der Waals surface area contributed by atoms with E-state index in [1.54, 1.807) is 31.2 Å². The molecule has 3 rings (SSSR count). The number of benzene rings is 2. The highest BCUT2D eigenvalue weighted by Crippen LogP contribution is 2.42. The van der Waals surface area contributed by atoms with Crippen LogP contribution in [0.3, 0.4) is 0 Å². The molecule has 0 radical (unpaired) electrons. The number of esters is 1. The van der Waals surface area contributed by atoms with Crippen LogP contribution in [0.25, 0.3) is 21.6 Å². The molecule has 28 heavy (non-hydrogen) atoms. The van der Waals surface area contributed by atoms with Gasteiger partial charge >= 0.3 is 5.97 Å². The molecule has 1 heterocycles. The highest BCUT2D eigenvalue weighted by molar-refractivity contribution is 7.89. The van der Waals surface area contributed by atoms with Crippen molar-refractivity contribution >= 4 is 27.3 Å². The molecule has 0 spiro atoms. The summed E-state index contributed by atoms with van der Waals surface area (Å²) >= 11 is 1.26. The van der Waals surface area contributed by atoms with E-state index in [0.717, 1.165) is 16.0 Å². The summed E-state index contributed by atoms with van der Waals surface area (Å²) in [5, 5.41) is 5.15. The van der Waals surface area contributed by atoms with Crippen LogP contribution >= 0.6 is 11.3 Å². The van der Waals surface area contributed by atoms with Crippen LogP contribution in [0.4, 0.5) is 4.39 Å². The second-order valence-electron chi connectivity index (χ2n) is 6.06. The normalized spacial score (nSPS) is 11.4. The Kier molecular flexibility index (Phi) is 5.64.